The lowest BCUT2D eigenvalue weighted by Gasteiger charge is -2.31. The van der Waals surface area contributed by atoms with Crippen LogP contribution in [-0.4, -0.2) is 43.8 Å². The smallest absolute Gasteiger partial charge is 0.101 e. The zero-order valence-electron chi connectivity index (χ0n) is 25.3. The van der Waals surface area contributed by atoms with E-state index >= 15 is 0 Å². The van der Waals surface area contributed by atoms with E-state index in [9.17, 15) is 0 Å². The van der Waals surface area contributed by atoms with Gasteiger partial charge in [0.15, 0.2) is 0 Å². The van der Waals surface area contributed by atoms with Crippen LogP contribution in [0.1, 0.15) is 118 Å². The lowest BCUT2D eigenvalue weighted by Crippen LogP contribution is -2.34. The van der Waals surface area contributed by atoms with Gasteiger partial charge in [0.25, 0.3) is 0 Å². The molecular formula is C26H58O6Si. The van der Waals surface area contributed by atoms with Crippen molar-refractivity contribution < 1.29 is 29.3 Å². The zero-order chi connectivity index (χ0) is 27.5. The summed E-state index contributed by atoms with van der Waals surface area (Å²) in [5.74, 6) is 0. The predicted octanol–water partition coefficient (Wildman–Crippen LogP) is 6.91. The van der Waals surface area contributed by atoms with E-state index in [1.165, 1.54) is 0 Å². The molecule has 0 rings (SSSR count). The van der Waals surface area contributed by atoms with Gasteiger partial charge in [-0.1, -0.05) is 6.08 Å². The summed E-state index contributed by atoms with van der Waals surface area (Å²) in [6.07, 6.45) is 1.93. The summed E-state index contributed by atoms with van der Waals surface area (Å²) in [5.41, 5.74) is -0.975. The molecule has 0 fully saturated rings. The van der Waals surface area contributed by atoms with Crippen LogP contribution in [0.15, 0.2) is 12.7 Å². The van der Waals surface area contributed by atoms with Crippen molar-refractivity contribution in [3.63, 3.8) is 0 Å². The lowest BCUT2D eigenvalue weighted by molar-refractivity contribution is -0.396. The Bertz CT molecular complexity index is 455. The van der Waals surface area contributed by atoms with Gasteiger partial charge in [-0.25, -0.2) is 29.3 Å². The molecule has 0 aliphatic heterocycles. The van der Waals surface area contributed by atoms with E-state index in [2.05, 4.69) is 6.58 Å². The molecular weight excluding hydrogens is 436 g/mol. The van der Waals surface area contributed by atoms with Gasteiger partial charge >= 0.3 is 0 Å². The second-order valence-electron chi connectivity index (χ2n) is 13.7. The van der Waals surface area contributed by atoms with E-state index < -0.39 is 0 Å². The van der Waals surface area contributed by atoms with Crippen LogP contribution in [0.4, 0.5) is 0 Å². The first kappa shape index (κ1) is 37.3. The second-order valence-corrected chi connectivity index (χ2v) is 14.9. The summed E-state index contributed by atoms with van der Waals surface area (Å²) < 4.78 is 0. The van der Waals surface area contributed by atoms with Crippen molar-refractivity contribution in [1.29, 1.82) is 0 Å². The normalized spacial score (nSPS) is 14.6. The fourth-order valence-corrected chi connectivity index (χ4v) is 1.19. The summed E-state index contributed by atoms with van der Waals surface area (Å²) in [7, 11) is 1.03. The largest absolute Gasteiger partial charge is 0.230 e. The molecule has 0 aromatic heterocycles. The minimum atomic E-state index is -0.263. The summed E-state index contributed by atoms with van der Waals surface area (Å²) >= 11 is 0. The maximum atomic E-state index is 5.41. The molecule has 0 saturated carbocycles. The van der Waals surface area contributed by atoms with Crippen LogP contribution in [0, 0.1) is 0 Å². The molecule has 0 aromatic carbocycles. The van der Waals surface area contributed by atoms with Crippen molar-refractivity contribution in [3.8, 4) is 0 Å². The summed E-state index contributed by atoms with van der Waals surface area (Å²) in [6, 6.07) is 0. The van der Waals surface area contributed by atoms with Crippen LogP contribution in [0.3, 0.4) is 0 Å². The summed E-state index contributed by atoms with van der Waals surface area (Å²) in [5, 5.41) is 0. The van der Waals surface area contributed by atoms with Crippen LogP contribution in [0.25, 0.3) is 0 Å². The number of rotatable bonds is 6. The van der Waals surface area contributed by atoms with Gasteiger partial charge in [-0.2, -0.15) is 0 Å². The Hall–Kier alpha value is -0.283. The van der Waals surface area contributed by atoms with E-state index in [1.54, 1.807) is 0 Å². The molecule has 0 radical (unpaired) electrons. The quantitative estimate of drug-likeness (QED) is 0.173. The Morgan fingerprint density at radius 1 is 0.455 bits per heavy atom. The van der Waals surface area contributed by atoms with Crippen molar-refractivity contribution >= 4 is 10.2 Å². The summed E-state index contributed by atoms with van der Waals surface area (Å²) in [4.78, 5) is 31.1. The predicted molar refractivity (Wildman–Crippen MR) is 143 cm³/mol. The number of hydrogen-bond donors (Lipinski definition) is 0. The summed E-state index contributed by atoms with van der Waals surface area (Å²) in [6.45, 7) is 37.2. The molecule has 0 aromatic rings. The minimum absolute atomic E-state index is 0.215. The highest BCUT2D eigenvalue weighted by atomic mass is 28.1. The second kappa shape index (κ2) is 14.3. The molecule has 0 aliphatic rings. The van der Waals surface area contributed by atoms with Crippen LogP contribution in [0.5, 0.6) is 0 Å². The van der Waals surface area contributed by atoms with E-state index in [0.29, 0.717) is 5.54 Å². The average Bonchev–Trinajstić information content (AvgIpc) is 2.54. The molecule has 0 amide bonds. The van der Waals surface area contributed by atoms with Gasteiger partial charge in [0, 0.05) is 10.2 Å². The monoisotopic (exact) mass is 494 g/mol. The van der Waals surface area contributed by atoms with E-state index in [1.807, 2.05) is 124 Å². The highest BCUT2D eigenvalue weighted by molar-refractivity contribution is 6.13. The van der Waals surface area contributed by atoms with Crippen molar-refractivity contribution in [1.82, 2.24) is 0 Å². The van der Waals surface area contributed by atoms with Gasteiger partial charge in [0.1, 0.15) is 5.60 Å². The van der Waals surface area contributed by atoms with Gasteiger partial charge < -0.3 is 0 Å². The molecule has 0 aliphatic carbocycles. The fraction of sp³-hybridized carbons (Fsp3) is 0.923. The van der Waals surface area contributed by atoms with Crippen LogP contribution >= 0.6 is 0 Å². The minimum Gasteiger partial charge on any atom is -0.230 e. The average molecular weight is 495 g/mol. The molecule has 33 heavy (non-hydrogen) atoms. The Balaban J connectivity index is -0.000000415. The molecule has 0 bridgehead atoms. The standard InChI is InChI=1S/C10H22O2Si.2C8H18O2/c1-7-8(13)10(5,6)12-11-9(2,3)4;2*1-7(2,3)9-10-8(4,5)6/h7-8H,1H2,2-6,13H3;2*1-6H3. The van der Waals surface area contributed by atoms with Crippen LogP contribution < -0.4 is 0 Å². The number of hydrogen-bond acceptors (Lipinski definition) is 6. The first-order valence-electron chi connectivity index (χ1n) is 11.8. The molecule has 7 heteroatoms. The van der Waals surface area contributed by atoms with Crippen molar-refractivity contribution in [2.45, 2.75) is 157 Å². The molecule has 0 saturated heterocycles. The maximum Gasteiger partial charge on any atom is 0.101 e. The first-order valence-corrected chi connectivity index (χ1v) is 13.0. The highest BCUT2D eigenvalue weighted by Gasteiger charge is 2.28. The third kappa shape index (κ3) is 34.0. The maximum absolute atomic E-state index is 5.41. The lowest BCUT2D eigenvalue weighted by atomic mass is 10.1. The van der Waals surface area contributed by atoms with Gasteiger partial charge in [0.2, 0.25) is 0 Å². The molecule has 0 heterocycles. The van der Waals surface area contributed by atoms with Crippen molar-refractivity contribution in [2.75, 3.05) is 0 Å². The molecule has 6 nitrogen and oxygen atoms in total. The third-order valence-electron chi connectivity index (χ3n) is 3.04. The van der Waals surface area contributed by atoms with E-state index in [-0.39, 0.29) is 33.6 Å². The van der Waals surface area contributed by atoms with Crippen LogP contribution in [0.2, 0.25) is 5.54 Å². The van der Waals surface area contributed by atoms with Crippen molar-refractivity contribution in [3.05, 3.63) is 12.7 Å². The Labute approximate surface area is 209 Å². The molecule has 0 spiro atoms. The van der Waals surface area contributed by atoms with Crippen LogP contribution in [-0.2, 0) is 29.3 Å². The van der Waals surface area contributed by atoms with Gasteiger partial charge in [0.05, 0.1) is 28.0 Å². The van der Waals surface area contributed by atoms with E-state index in [4.69, 9.17) is 29.3 Å². The van der Waals surface area contributed by atoms with Gasteiger partial charge in [-0.15, -0.1) is 6.58 Å². The Kier molecular flexibility index (Phi) is 16.2. The Morgan fingerprint density at radius 3 is 0.788 bits per heavy atom. The molecule has 0 N–H and O–H groups in total. The molecule has 1 atom stereocenters. The Morgan fingerprint density at radius 2 is 0.636 bits per heavy atom. The zero-order valence-corrected chi connectivity index (χ0v) is 27.3. The SMILES string of the molecule is C=CC([SiH3])C(C)(C)OOC(C)(C)C.CC(C)(C)OOC(C)(C)C.CC(C)(C)OOC(C)(C)C. The molecule has 202 valence electrons. The van der Waals surface area contributed by atoms with Gasteiger partial charge in [-0.05, 0) is 123 Å². The topological polar surface area (TPSA) is 55.4 Å². The highest BCUT2D eigenvalue weighted by Crippen LogP contribution is 2.27. The third-order valence-corrected chi connectivity index (χ3v) is 4.90. The first-order chi connectivity index (χ1) is 14.1. The molecule has 1 unspecified atom stereocenters. The van der Waals surface area contributed by atoms with Crippen molar-refractivity contribution in [2.24, 2.45) is 0 Å². The van der Waals surface area contributed by atoms with Gasteiger partial charge in [-0.3, -0.25) is 0 Å². The fourth-order valence-electron chi connectivity index (χ4n) is 1.09. The van der Waals surface area contributed by atoms with E-state index in [0.717, 1.165) is 10.2 Å².